The summed E-state index contributed by atoms with van der Waals surface area (Å²) < 4.78 is 19.7. The molecule has 6 aromatic carbocycles. The Balaban J connectivity index is 1.38. The molecule has 0 aliphatic carbocycles. The predicted octanol–water partition coefficient (Wildman–Crippen LogP) is 11.8. The molecule has 0 unspecified atom stereocenters. The second kappa shape index (κ2) is 9.05. The molecule has 0 aliphatic rings. The van der Waals surface area contributed by atoms with Crippen molar-refractivity contribution < 1.29 is 13.3 Å². The molecule has 0 fully saturated rings. The van der Waals surface area contributed by atoms with Crippen LogP contribution in [0, 0.1) is 0 Å². The Morgan fingerprint density at radius 2 is 0.809 bits per heavy atom. The van der Waals surface area contributed by atoms with Crippen LogP contribution in [0.5, 0.6) is 0 Å². The fraction of sp³-hybridized carbons (Fsp3) is 0. The molecule has 5 aromatic heterocycles. The molecule has 0 atom stereocenters. The van der Waals surface area contributed by atoms with Crippen molar-refractivity contribution >= 4 is 87.4 Å². The van der Waals surface area contributed by atoms with Crippen molar-refractivity contribution in [1.29, 1.82) is 0 Å². The summed E-state index contributed by atoms with van der Waals surface area (Å²) >= 11 is 0. The van der Waals surface area contributed by atoms with Gasteiger partial charge in [0.2, 0.25) is 0 Å². The lowest BCUT2D eigenvalue weighted by molar-refractivity contribution is 0.668. The third kappa shape index (κ3) is 3.43. The standard InChI is InChI=1S/C42H22N2O3/c1-3-11-35-25(9-1)31-15-33-29(19-37(31)45-35)27(23-7-5-13-43-21-23)17-39-41(33)42-34-16-32-26-10-2-4-12-36(26)46-38(32)20-30(34)28(18-40(42)47-39)24-8-6-14-44-22-24/h1-22H. The van der Waals surface area contributed by atoms with E-state index in [0.717, 1.165) is 110 Å². The van der Waals surface area contributed by atoms with E-state index in [-0.39, 0.29) is 0 Å². The van der Waals surface area contributed by atoms with Crippen LogP contribution in [-0.2, 0) is 0 Å². The van der Waals surface area contributed by atoms with E-state index >= 15 is 0 Å². The Morgan fingerprint density at radius 3 is 1.28 bits per heavy atom. The molecule has 47 heavy (non-hydrogen) atoms. The number of hydrogen-bond donors (Lipinski definition) is 0. The van der Waals surface area contributed by atoms with E-state index in [0.29, 0.717) is 0 Å². The molecule has 11 aromatic rings. The zero-order chi connectivity index (χ0) is 30.6. The van der Waals surface area contributed by atoms with Gasteiger partial charge in [0.1, 0.15) is 33.5 Å². The summed E-state index contributed by atoms with van der Waals surface area (Å²) in [5.74, 6) is 0. The van der Waals surface area contributed by atoms with Crippen molar-refractivity contribution in [1.82, 2.24) is 9.97 Å². The number of furan rings is 3. The monoisotopic (exact) mass is 602 g/mol. The van der Waals surface area contributed by atoms with Crippen LogP contribution in [0.15, 0.2) is 147 Å². The smallest absolute Gasteiger partial charge is 0.136 e. The summed E-state index contributed by atoms with van der Waals surface area (Å²) in [5, 5.41) is 10.9. The van der Waals surface area contributed by atoms with Gasteiger partial charge in [0.25, 0.3) is 0 Å². The summed E-state index contributed by atoms with van der Waals surface area (Å²) in [7, 11) is 0. The van der Waals surface area contributed by atoms with Crippen molar-refractivity contribution in [3.05, 3.63) is 134 Å². The second-order valence-electron chi connectivity index (χ2n) is 12.2. The molecule has 0 spiro atoms. The van der Waals surface area contributed by atoms with E-state index in [4.69, 9.17) is 13.3 Å². The maximum absolute atomic E-state index is 6.87. The fourth-order valence-corrected chi connectivity index (χ4v) is 7.55. The lowest BCUT2D eigenvalue weighted by Gasteiger charge is -2.10. The van der Waals surface area contributed by atoms with Crippen LogP contribution < -0.4 is 0 Å². The van der Waals surface area contributed by atoms with Gasteiger partial charge in [-0.3, -0.25) is 9.97 Å². The van der Waals surface area contributed by atoms with Gasteiger partial charge < -0.3 is 13.3 Å². The molecule has 0 aliphatic heterocycles. The Kier molecular flexibility index (Phi) is 4.78. The molecule has 5 nitrogen and oxygen atoms in total. The molecule has 218 valence electrons. The predicted molar refractivity (Wildman–Crippen MR) is 190 cm³/mol. The van der Waals surface area contributed by atoms with E-state index < -0.39 is 0 Å². The minimum absolute atomic E-state index is 0.820. The number of para-hydroxylation sites is 2. The number of hydrogen-bond acceptors (Lipinski definition) is 5. The Bertz CT molecular complexity index is 2850. The summed E-state index contributed by atoms with van der Waals surface area (Å²) in [6, 6.07) is 37.8. The lowest BCUT2D eigenvalue weighted by Crippen LogP contribution is -1.86. The van der Waals surface area contributed by atoms with Crippen LogP contribution in [0.4, 0.5) is 0 Å². The number of aromatic nitrogens is 2. The molecular formula is C42H22N2O3. The van der Waals surface area contributed by atoms with Gasteiger partial charge in [-0.1, -0.05) is 48.5 Å². The van der Waals surface area contributed by atoms with Crippen molar-refractivity contribution in [2.45, 2.75) is 0 Å². The Labute approximate surface area is 266 Å². The summed E-state index contributed by atoms with van der Waals surface area (Å²) in [4.78, 5) is 8.91. The first-order valence-corrected chi connectivity index (χ1v) is 15.6. The topological polar surface area (TPSA) is 65.2 Å². The molecule has 0 radical (unpaired) electrons. The third-order valence-electron chi connectivity index (χ3n) is 9.61. The van der Waals surface area contributed by atoms with Crippen LogP contribution in [0.1, 0.15) is 0 Å². The van der Waals surface area contributed by atoms with Crippen LogP contribution >= 0.6 is 0 Å². The van der Waals surface area contributed by atoms with Gasteiger partial charge in [0.15, 0.2) is 0 Å². The van der Waals surface area contributed by atoms with E-state index in [1.807, 2.05) is 48.8 Å². The molecule has 5 heteroatoms. The highest BCUT2D eigenvalue weighted by Gasteiger charge is 2.22. The zero-order valence-corrected chi connectivity index (χ0v) is 24.8. The first-order chi connectivity index (χ1) is 23.3. The normalized spacial score (nSPS) is 12.3. The van der Waals surface area contributed by atoms with E-state index in [1.54, 1.807) is 12.4 Å². The summed E-state index contributed by atoms with van der Waals surface area (Å²) in [6.45, 7) is 0. The van der Waals surface area contributed by atoms with E-state index in [9.17, 15) is 0 Å². The number of benzene rings is 6. The van der Waals surface area contributed by atoms with E-state index in [1.165, 1.54) is 0 Å². The Morgan fingerprint density at radius 1 is 0.340 bits per heavy atom. The van der Waals surface area contributed by atoms with Crippen LogP contribution in [0.3, 0.4) is 0 Å². The third-order valence-corrected chi connectivity index (χ3v) is 9.61. The van der Waals surface area contributed by atoms with Gasteiger partial charge in [0.05, 0.1) is 0 Å². The van der Waals surface area contributed by atoms with Gasteiger partial charge in [-0.05, 0) is 93.3 Å². The highest BCUT2D eigenvalue weighted by molar-refractivity contribution is 6.32. The lowest BCUT2D eigenvalue weighted by atomic mass is 9.91. The average molecular weight is 603 g/mol. The largest absolute Gasteiger partial charge is 0.456 e. The Hall–Kier alpha value is -6.46. The molecule has 0 saturated carbocycles. The van der Waals surface area contributed by atoms with Gasteiger partial charge in [0, 0.05) is 68.2 Å². The van der Waals surface area contributed by atoms with Crippen LogP contribution in [0.2, 0.25) is 0 Å². The molecule has 0 amide bonds. The summed E-state index contributed by atoms with van der Waals surface area (Å²) in [6.07, 6.45) is 7.41. The molecule has 0 saturated heterocycles. The molecular weight excluding hydrogens is 580 g/mol. The minimum Gasteiger partial charge on any atom is -0.456 e. The molecule has 0 N–H and O–H groups in total. The number of rotatable bonds is 2. The maximum Gasteiger partial charge on any atom is 0.136 e. The van der Waals surface area contributed by atoms with Crippen LogP contribution in [-0.4, -0.2) is 9.97 Å². The maximum atomic E-state index is 6.87. The van der Waals surface area contributed by atoms with Crippen molar-refractivity contribution in [3.8, 4) is 22.3 Å². The van der Waals surface area contributed by atoms with Gasteiger partial charge >= 0.3 is 0 Å². The van der Waals surface area contributed by atoms with Crippen LogP contribution in [0.25, 0.3) is 110 Å². The van der Waals surface area contributed by atoms with Crippen molar-refractivity contribution in [2.75, 3.05) is 0 Å². The number of nitrogens with zero attached hydrogens (tertiary/aromatic N) is 2. The first-order valence-electron chi connectivity index (χ1n) is 15.6. The van der Waals surface area contributed by atoms with Gasteiger partial charge in [-0.25, -0.2) is 0 Å². The van der Waals surface area contributed by atoms with E-state index in [2.05, 4.69) is 82.8 Å². The van der Waals surface area contributed by atoms with Crippen molar-refractivity contribution in [3.63, 3.8) is 0 Å². The second-order valence-corrected chi connectivity index (χ2v) is 12.2. The highest BCUT2D eigenvalue weighted by atomic mass is 16.3. The highest BCUT2D eigenvalue weighted by Crippen LogP contribution is 2.47. The average Bonchev–Trinajstić information content (AvgIpc) is 3.80. The van der Waals surface area contributed by atoms with Gasteiger partial charge in [-0.15, -0.1) is 0 Å². The summed E-state index contributed by atoms with van der Waals surface area (Å²) in [5.41, 5.74) is 9.21. The zero-order valence-electron chi connectivity index (χ0n) is 24.8. The minimum atomic E-state index is 0.820. The number of pyridine rings is 2. The fourth-order valence-electron chi connectivity index (χ4n) is 7.55. The first kappa shape index (κ1) is 24.8. The molecule has 0 bridgehead atoms. The molecule has 5 heterocycles. The number of fused-ring (bicyclic) bond motifs is 13. The SMILES string of the molecule is c1cncc(-c2cc3oc4cc(-c5cccnc5)c5cc6oc7ccccc7c6cc5c4c3c3cc4c(cc23)oc2ccccc24)c1. The quantitative estimate of drug-likeness (QED) is 0.197. The molecule has 11 rings (SSSR count). The van der Waals surface area contributed by atoms with Gasteiger partial charge in [-0.2, -0.15) is 0 Å². The van der Waals surface area contributed by atoms with Crippen molar-refractivity contribution in [2.24, 2.45) is 0 Å².